The van der Waals surface area contributed by atoms with Crippen LogP contribution in [0.4, 0.5) is 17.6 Å². The Labute approximate surface area is 77.3 Å². The van der Waals surface area contributed by atoms with Crippen molar-refractivity contribution in [1.29, 1.82) is 0 Å². The molecule has 5 heteroatoms. The number of benzene rings is 1. The van der Waals surface area contributed by atoms with Gasteiger partial charge in [-0.15, -0.1) is 0 Å². The van der Waals surface area contributed by atoms with Crippen LogP contribution in [0.2, 0.25) is 0 Å². The molecule has 0 bridgehead atoms. The van der Waals surface area contributed by atoms with Gasteiger partial charge in [0.25, 0.3) is 12.9 Å². The number of hydrogen-bond donors (Lipinski definition) is 0. The number of alkyl halides is 4. The minimum Gasteiger partial charge on any atom is -0.298 e. The van der Waals surface area contributed by atoms with Gasteiger partial charge in [0.05, 0.1) is 0 Å². The third kappa shape index (κ3) is 2.10. The van der Waals surface area contributed by atoms with Crippen molar-refractivity contribution < 1.29 is 22.4 Å². The van der Waals surface area contributed by atoms with Gasteiger partial charge in [-0.05, 0) is 6.07 Å². The van der Waals surface area contributed by atoms with Gasteiger partial charge < -0.3 is 0 Å². The molecule has 0 aliphatic heterocycles. The lowest BCUT2D eigenvalue weighted by Crippen LogP contribution is -1.96. The van der Waals surface area contributed by atoms with Crippen molar-refractivity contribution in [1.82, 2.24) is 0 Å². The van der Waals surface area contributed by atoms with E-state index >= 15 is 0 Å². The van der Waals surface area contributed by atoms with Gasteiger partial charge in [-0.25, -0.2) is 17.6 Å². The summed E-state index contributed by atoms with van der Waals surface area (Å²) >= 11 is 0. The van der Waals surface area contributed by atoms with Gasteiger partial charge in [0.1, 0.15) is 6.29 Å². The average molecular weight is 206 g/mol. The largest absolute Gasteiger partial charge is 0.298 e. The standard InChI is InChI=1S/C9H6F4O/c10-8(11)6-2-1-5(4-14)3-7(6)9(12)13/h1-4,8-9H. The van der Waals surface area contributed by atoms with Gasteiger partial charge in [-0.3, -0.25) is 4.79 Å². The van der Waals surface area contributed by atoms with Crippen LogP contribution in [0.25, 0.3) is 0 Å². The van der Waals surface area contributed by atoms with E-state index in [0.29, 0.717) is 6.29 Å². The molecule has 0 saturated heterocycles. The summed E-state index contributed by atoms with van der Waals surface area (Å²) in [5.41, 5.74) is -1.56. The Balaban J connectivity index is 3.23. The normalized spacial score (nSPS) is 11.0. The molecule has 0 fully saturated rings. The van der Waals surface area contributed by atoms with E-state index < -0.39 is 24.0 Å². The maximum atomic E-state index is 12.3. The number of carbonyl (C=O) groups excluding carboxylic acids is 1. The molecule has 1 nitrogen and oxygen atoms in total. The predicted octanol–water partition coefficient (Wildman–Crippen LogP) is 3.37. The molecule has 0 aromatic heterocycles. The summed E-state index contributed by atoms with van der Waals surface area (Å²) in [5, 5.41) is 0. The van der Waals surface area contributed by atoms with E-state index in [4.69, 9.17) is 0 Å². The van der Waals surface area contributed by atoms with E-state index in [0.717, 1.165) is 18.2 Å². The van der Waals surface area contributed by atoms with Crippen molar-refractivity contribution in [2.24, 2.45) is 0 Å². The van der Waals surface area contributed by atoms with E-state index in [1.165, 1.54) is 0 Å². The smallest absolute Gasteiger partial charge is 0.264 e. The highest BCUT2D eigenvalue weighted by Crippen LogP contribution is 2.30. The Morgan fingerprint density at radius 1 is 1.00 bits per heavy atom. The fourth-order valence-corrected chi connectivity index (χ4v) is 1.05. The van der Waals surface area contributed by atoms with Gasteiger partial charge in [-0.1, -0.05) is 12.1 Å². The molecule has 14 heavy (non-hydrogen) atoms. The van der Waals surface area contributed by atoms with Crippen molar-refractivity contribution in [3.05, 3.63) is 34.9 Å². The Morgan fingerprint density at radius 2 is 1.57 bits per heavy atom. The molecule has 0 N–H and O–H groups in total. The zero-order chi connectivity index (χ0) is 10.7. The molecule has 76 valence electrons. The molecule has 0 aliphatic rings. The first-order valence-electron chi connectivity index (χ1n) is 3.71. The fraction of sp³-hybridized carbons (Fsp3) is 0.222. The number of carbonyl (C=O) groups is 1. The Morgan fingerprint density at radius 3 is 2.00 bits per heavy atom. The third-order valence-corrected chi connectivity index (χ3v) is 1.72. The lowest BCUT2D eigenvalue weighted by atomic mass is 10.1. The van der Waals surface area contributed by atoms with Crippen LogP contribution in [-0.4, -0.2) is 6.29 Å². The number of rotatable bonds is 3. The van der Waals surface area contributed by atoms with Crippen LogP contribution in [0.3, 0.4) is 0 Å². The van der Waals surface area contributed by atoms with Gasteiger partial charge in [-0.2, -0.15) is 0 Å². The van der Waals surface area contributed by atoms with Gasteiger partial charge in [0.15, 0.2) is 0 Å². The van der Waals surface area contributed by atoms with E-state index in [-0.39, 0.29) is 5.56 Å². The molecule has 0 spiro atoms. The quantitative estimate of drug-likeness (QED) is 0.547. The summed E-state index contributed by atoms with van der Waals surface area (Å²) in [4.78, 5) is 10.2. The average Bonchev–Trinajstić information content (AvgIpc) is 2.16. The molecule has 0 aliphatic carbocycles. The summed E-state index contributed by atoms with van der Waals surface area (Å²) < 4.78 is 48.9. The molecule has 1 aromatic rings. The van der Waals surface area contributed by atoms with Crippen molar-refractivity contribution in [2.45, 2.75) is 12.9 Å². The van der Waals surface area contributed by atoms with Crippen molar-refractivity contribution in [3.63, 3.8) is 0 Å². The molecule has 0 atom stereocenters. The minimum absolute atomic E-state index is 0.0373. The van der Waals surface area contributed by atoms with Crippen LogP contribution in [0.5, 0.6) is 0 Å². The van der Waals surface area contributed by atoms with Crippen molar-refractivity contribution in [2.75, 3.05) is 0 Å². The minimum atomic E-state index is -3.00. The molecule has 1 aromatic carbocycles. The molecule has 0 amide bonds. The Bertz CT molecular complexity index is 336. The predicted molar refractivity (Wildman–Crippen MR) is 41.7 cm³/mol. The van der Waals surface area contributed by atoms with Crippen LogP contribution in [0, 0.1) is 0 Å². The van der Waals surface area contributed by atoms with Gasteiger partial charge in [0.2, 0.25) is 0 Å². The topological polar surface area (TPSA) is 17.1 Å². The van der Waals surface area contributed by atoms with E-state index in [2.05, 4.69) is 0 Å². The Kier molecular flexibility index (Phi) is 3.22. The van der Waals surface area contributed by atoms with Gasteiger partial charge in [0, 0.05) is 16.7 Å². The summed E-state index contributed by atoms with van der Waals surface area (Å²) in [6.07, 6.45) is -5.63. The van der Waals surface area contributed by atoms with E-state index in [1.807, 2.05) is 0 Å². The maximum absolute atomic E-state index is 12.3. The first-order valence-corrected chi connectivity index (χ1v) is 3.71. The first-order chi connectivity index (χ1) is 6.56. The highest BCUT2D eigenvalue weighted by Gasteiger charge is 2.19. The molecule has 1 rings (SSSR count). The lowest BCUT2D eigenvalue weighted by Gasteiger charge is -2.07. The number of aldehydes is 1. The second-order valence-electron chi connectivity index (χ2n) is 2.61. The molecule has 0 radical (unpaired) electrons. The highest BCUT2D eigenvalue weighted by molar-refractivity contribution is 5.75. The van der Waals surface area contributed by atoms with Crippen molar-refractivity contribution in [3.8, 4) is 0 Å². The second kappa shape index (κ2) is 4.21. The van der Waals surface area contributed by atoms with Crippen LogP contribution >= 0.6 is 0 Å². The van der Waals surface area contributed by atoms with Crippen LogP contribution in [0.15, 0.2) is 18.2 Å². The molecular weight excluding hydrogens is 200 g/mol. The lowest BCUT2D eigenvalue weighted by molar-refractivity contribution is 0.111. The molecular formula is C9H6F4O. The first kappa shape index (κ1) is 10.7. The SMILES string of the molecule is O=Cc1ccc(C(F)F)c(C(F)F)c1. The second-order valence-corrected chi connectivity index (χ2v) is 2.61. The fourth-order valence-electron chi connectivity index (χ4n) is 1.05. The molecule has 0 unspecified atom stereocenters. The zero-order valence-corrected chi connectivity index (χ0v) is 6.88. The highest BCUT2D eigenvalue weighted by atomic mass is 19.3. The summed E-state index contributed by atoms with van der Waals surface area (Å²) in [5.74, 6) is 0. The van der Waals surface area contributed by atoms with Crippen LogP contribution in [0.1, 0.15) is 34.3 Å². The van der Waals surface area contributed by atoms with E-state index in [9.17, 15) is 22.4 Å². The number of hydrogen-bond acceptors (Lipinski definition) is 1. The summed E-state index contributed by atoms with van der Waals surface area (Å²) in [6, 6.07) is 2.70. The van der Waals surface area contributed by atoms with E-state index in [1.54, 1.807) is 0 Å². The van der Waals surface area contributed by atoms with Crippen LogP contribution < -0.4 is 0 Å². The van der Waals surface area contributed by atoms with Gasteiger partial charge >= 0.3 is 0 Å². The van der Waals surface area contributed by atoms with Crippen LogP contribution in [-0.2, 0) is 0 Å². The van der Waals surface area contributed by atoms with Crippen molar-refractivity contribution >= 4 is 6.29 Å². The molecule has 0 heterocycles. The molecule has 0 saturated carbocycles. The zero-order valence-electron chi connectivity index (χ0n) is 6.88. The Hall–Kier alpha value is -1.39. The number of halogens is 4. The maximum Gasteiger partial charge on any atom is 0.264 e. The monoisotopic (exact) mass is 206 g/mol. The summed E-state index contributed by atoms with van der Waals surface area (Å²) in [6.45, 7) is 0. The third-order valence-electron chi connectivity index (χ3n) is 1.72. The summed E-state index contributed by atoms with van der Waals surface area (Å²) in [7, 11) is 0.